The van der Waals surface area contributed by atoms with Crippen LogP contribution < -0.4 is 67.2 Å². The molecular formula is C95H120ClN9O33. The number of unbranched alkanes of at least 4 members (excludes halogenated alkanes) is 10. The lowest BCUT2D eigenvalue weighted by Crippen LogP contribution is -2.67. The lowest BCUT2D eigenvalue weighted by molar-refractivity contribution is -0.292. The number of carboxylic acid groups (broad SMARTS) is 1. The van der Waals surface area contributed by atoms with Gasteiger partial charge in [0.25, 0.3) is 0 Å². The van der Waals surface area contributed by atoms with Gasteiger partial charge in [-0.25, -0.2) is 4.79 Å². The first-order chi connectivity index (χ1) is 66.0. The fraction of sp³-hybridized carbons (Fsp3) is 0.547. The predicted octanol–water partition coefficient (Wildman–Crippen LogP) is 0.151. The summed E-state index contributed by atoms with van der Waals surface area (Å²) in [4.78, 5) is 140. The van der Waals surface area contributed by atoms with E-state index in [-0.39, 0.29) is 75.7 Å². The third-order valence-corrected chi connectivity index (χ3v) is 26.9. The number of carbonyl (C=O) groups excluding carboxylic acids is 8. The third-order valence-electron chi connectivity index (χ3n) is 26.5. The Kier molecular flexibility index (Phi) is 33.6. The van der Waals surface area contributed by atoms with Crippen LogP contribution in [0, 0.1) is 11.8 Å². The Hall–Kier alpha value is -11.0. The standard InChI is InChI=1S/C95H120ClN9O33/c1-5-6-7-8-9-10-11-12-13-14-15-16-66(114)100-74-80(119)77(116)64(38-108)135-94(74)138-85-61-31-49-32-62(85)132-83-40(2)23-43(24-41(83)3)25-56-86(122)101-70(48-26-50(111)33-52(27-48)130-59-30-44(19-21-57(59)113)68(97)87(123)99-56)89(125)103-71(49)90(126)102-69-45-17-18-47(36-106)53(28-45)67-54(34-51(112)35-60(67)133-95-82(121)81(120)78(117)65(39-109)136-95)72(92(128)129)104-91(127)75(105-88(69)124)84(46-20-22-58(131-61)55(96)29-46)137-93-73(98-42(4)110)79(118)76(115)63(37-107)134-93/h17-23,26-27,30-34,41,51,53,55-56,63-65,68-82,84,93-95,106-109,111-113,115-121H,5-16,24-25,28-29,35-39,97H2,1-4H3,(H,98,110)(H,99,123)(H,100,114)(H,101,122)(H,102,126)(H,103,125)(H,104,127)(H,105,124)(H,128,129)/t41?,51?,53?,55-,56+,63?,64?,65?,68+,69+,70-,71+,72-,73?,74?,75-,76+,77+,78+,79?,80?,81?,82?,84+,93-,94-,95-/m0/s1. The highest BCUT2D eigenvalue weighted by Gasteiger charge is 2.54. The van der Waals surface area contributed by atoms with Crippen molar-refractivity contribution >= 4 is 64.8 Å². The average molecular weight is 1950 g/mol. The number of hydrogen-bond donors (Lipinski definition) is 24. The number of aromatic hydroxyl groups is 2. The number of fused-ring (bicyclic) bond motifs is 14. The highest BCUT2D eigenvalue weighted by atomic mass is 35.5. The number of phenolic OH excluding ortho intramolecular Hbond substituents is 2. The highest BCUT2D eigenvalue weighted by molar-refractivity contribution is 6.22. The summed E-state index contributed by atoms with van der Waals surface area (Å²) in [5, 5.41) is 191. The van der Waals surface area contributed by atoms with Gasteiger partial charge in [-0.1, -0.05) is 114 Å². The van der Waals surface area contributed by atoms with Crippen LogP contribution in [0.5, 0.6) is 40.2 Å². The van der Waals surface area contributed by atoms with Crippen LogP contribution >= 0.6 is 11.6 Å². The van der Waals surface area contributed by atoms with Crippen molar-refractivity contribution in [2.75, 3.05) is 26.4 Å². The number of phenols is 2. The molecule has 4 saturated heterocycles. The van der Waals surface area contributed by atoms with Gasteiger partial charge in [0.1, 0.15) is 144 Å². The monoisotopic (exact) mass is 1950 g/mol. The second-order valence-electron chi connectivity index (χ2n) is 36.5. The number of aliphatic hydroxyl groups excluding tert-OH is 12. The number of carboxylic acids is 1. The van der Waals surface area contributed by atoms with Gasteiger partial charge in [0.2, 0.25) is 65.6 Å². The fourth-order valence-corrected chi connectivity index (χ4v) is 19.6. The summed E-state index contributed by atoms with van der Waals surface area (Å²) in [5.41, 5.74) is 5.41. The molecule has 0 radical (unpaired) electrons. The SMILES string of the molecule is CCCCCCCCCCCCCC(=O)NC1C(O)[C@H](O)C(CO)O[C@H]1Oc1c2cc3cc1OC1=C(C)C=C(CC1C)C[C@H]1NC(=O)[C@H](N)c4ccc(O)c(c4)Oc4cc(O)cc(c4)[C@H](NC1=O)C(=O)N[C@H]3C(=O)N[C@H]1C(=O)N[C@H](C(=O)N[C@H](C(=O)O)C3=CC(O)CC(O[C@H]4OC(CO)[C@@H](O)C(O)C4O)=C3C3CC1=CC=C3CO)[C@H](O[C@@H]1OC(CO)[C@@H](O)C(O)C1NC(C)=O)C1=CC=C(O2)[C@@H](Cl)C1. The molecule has 0 aromatic heterocycles. The van der Waals surface area contributed by atoms with Crippen molar-refractivity contribution in [1.29, 1.82) is 0 Å². The van der Waals surface area contributed by atoms with Crippen molar-refractivity contribution in [3.05, 3.63) is 158 Å². The van der Waals surface area contributed by atoms with Gasteiger partial charge in [-0.05, 0) is 132 Å². The topological polar surface area (TPSA) is 662 Å². The maximum Gasteiger partial charge on any atom is 0.330 e. The smallest absolute Gasteiger partial charge is 0.330 e. The van der Waals surface area contributed by atoms with Crippen molar-refractivity contribution in [2.24, 2.45) is 17.6 Å². The van der Waals surface area contributed by atoms with Gasteiger partial charge in [-0.3, -0.25) is 38.4 Å². The molecule has 9 heterocycles. The Bertz CT molecular complexity index is 5350. The molecule has 138 heavy (non-hydrogen) atoms. The van der Waals surface area contributed by atoms with E-state index in [9.17, 15) is 95.8 Å². The Morgan fingerprint density at radius 2 is 1.14 bits per heavy atom. The number of nitrogens with one attached hydrogen (secondary N) is 8. The zero-order valence-electron chi connectivity index (χ0n) is 76.0. The lowest BCUT2D eigenvalue weighted by atomic mass is 9.73. The molecule has 4 fully saturated rings. The summed E-state index contributed by atoms with van der Waals surface area (Å²) < 4.78 is 58.9. The molecule has 27 atom stereocenters. The van der Waals surface area contributed by atoms with Crippen molar-refractivity contribution in [1.82, 2.24) is 42.5 Å². The van der Waals surface area contributed by atoms with Crippen LogP contribution in [0.4, 0.5) is 0 Å². The number of nitrogens with two attached hydrogens (primary N) is 1. The molecule has 3 aromatic rings. The Morgan fingerprint density at radius 3 is 1.78 bits per heavy atom. The number of benzene rings is 3. The van der Waals surface area contributed by atoms with Crippen molar-refractivity contribution in [3.8, 4) is 40.2 Å². The molecule has 17 bridgehead atoms. The first-order valence-electron chi connectivity index (χ1n) is 46.4. The Morgan fingerprint density at radius 1 is 0.558 bits per heavy atom. The number of amides is 8. The molecule has 0 saturated carbocycles. The molecule has 25 N–H and O–H groups in total. The van der Waals surface area contributed by atoms with Crippen LogP contribution in [0.1, 0.15) is 172 Å². The van der Waals surface area contributed by atoms with Gasteiger partial charge in [-0.15, -0.1) is 11.6 Å². The molecule has 16 rings (SSSR count). The quantitative estimate of drug-likeness (QED) is 0.0397. The molecule has 0 spiro atoms. The van der Waals surface area contributed by atoms with Crippen molar-refractivity contribution < 1.29 is 162 Å². The summed E-state index contributed by atoms with van der Waals surface area (Å²) in [5.74, 6) is -17.8. The van der Waals surface area contributed by atoms with Crippen LogP contribution in [0.15, 0.2) is 141 Å². The Labute approximate surface area is 796 Å². The van der Waals surface area contributed by atoms with Crippen LogP contribution in [-0.4, -0.2) is 290 Å². The maximum atomic E-state index is 17.2. The molecule has 43 heteroatoms. The van der Waals surface area contributed by atoms with E-state index in [0.717, 1.165) is 82.6 Å². The second kappa shape index (κ2) is 45.1. The fourth-order valence-electron chi connectivity index (χ4n) is 19.3. The largest absolute Gasteiger partial charge is 0.508 e. The lowest BCUT2D eigenvalue weighted by Gasteiger charge is -2.45. The van der Waals surface area contributed by atoms with Crippen LogP contribution in [0.25, 0.3) is 0 Å². The van der Waals surface area contributed by atoms with Gasteiger partial charge < -0.3 is 167 Å². The number of aliphatic carboxylic acids is 1. The summed E-state index contributed by atoms with van der Waals surface area (Å²) in [6.45, 7) is 2.56. The number of carbonyl (C=O) groups is 9. The summed E-state index contributed by atoms with van der Waals surface area (Å²) in [6.07, 6.45) is -14.0. The zero-order valence-corrected chi connectivity index (χ0v) is 76.8. The van der Waals surface area contributed by atoms with E-state index in [4.69, 9.17) is 60.0 Å². The van der Waals surface area contributed by atoms with Crippen LogP contribution in [-0.2, 0) is 66.8 Å². The average Bonchev–Trinajstić information content (AvgIpc) is 0.752. The van der Waals surface area contributed by atoms with E-state index in [2.05, 4.69) is 49.5 Å². The van der Waals surface area contributed by atoms with Gasteiger partial charge in [0, 0.05) is 43.2 Å². The van der Waals surface area contributed by atoms with Gasteiger partial charge in [0.05, 0.1) is 37.9 Å². The predicted molar refractivity (Wildman–Crippen MR) is 481 cm³/mol. The molecule has 13 aliphatic rings. The minimum Gasteiger partial charge on any atom is -0.508 e. The van der Waals surface area contributed by atoms with Gasteiger partial charge >= 0.3 is 5.97 Å². The molecule has 3 aromatic carbocycles. The summed E-state index contributed by atoms with van der Waals surface area (Å²) in [7, 11) is 0. The van der Waals surface area contributed by atoms with E-state index >= 15 is 24.0 Å². The highest BCUT2D eigenvalue weighted by Crippen LogP contribution is 2.50. The van der Waals surface area contributed by atoms with Gasteiger partial charge in [-0.2, -0.15) is 0 Å². The number of hydrogen-bond acceptors (Lipinski definition) is 33. The van der Waals surface area contributed by atoms with E-state index in [0.29, 0.717) is 24.0 Å². The summed E-state index contributed by atoms with van der Waals surface area (Å²) in [6, 6.07) is -9.47. The molecule has 8 amide bonds. The molecule has 9 aliphatic heterocycles. The minimum atomic E-state index is -2.49. The molecule has 12 unspecified atom stereocenters. The first kappa shape index (κ1) is 103. The number of halogens is 1. The molecule has 750 valence electrons. The second-order valence-corrected chi connectivity index (χ2v) is 37.1. The van der Waals surface area contributed by atoms with E-state index < -0.39 is 308 Å². The molecule has 42 nitrogen and oxygen atoms in total. The van der Waals surface area contributed by atoms with Crippen LogP contribution in [0.2, 0.25) is 0 Å². The van der Waals surface area contributed by atoms with Crippen molar-refractivity contribution in [2.45, 2.75) is 289 Å². The van der Waals surface area contributed by atoms with Gasteiger partial charge in [0.15, 0.2) is 35.3 Å². The molecular weight excluding hydrogens is 1830 g/mol. The minimum absolute atomic E-state index is 0.00903. The summed E-state index contributed by atoms with van der Waals surface area (Å²) >= 11 is 7.69. The number of ether oxygens (including phenoxy) is 9. The number of rotatable bonds is 25. The van der Waals surface area contributed by atoms with E-state index in [1.165, 1.54) is 61.1 Å². The van der Waals surface area contributed by atoms with Crippen molar-refractivity contribution in [3.63, 3.8) is 0 Å². The first-order valence-corrected chi connectivity index (χ1v) is 46.8. The third kappa shape index (κ3) is 23.0. The number of allylic oxidation sites excluding steroid dienone is 8. The van der Waals surface area contributed by atoms with E-state index in [1.807, 2.05) is 0 Å². The number of alkyl halides is 1. The maximum absolute atomic E-state index is 17.2. The molecule has 4 aliphatic carbocycles. The normalized spacial score (nSPS) is 32.9. The Balaban J connectivity index is 1.01. The number of aliphatic hydroxyl groups is 12. The van der Waals surface area contributed by atoms with E-state index in [1.54, 1.807) is 19.9 Å². The van der Waals surface area contributed by atoms with Crippen LogP contribution in [0.3, 0.4) is 0 Å². The zero-order chi connectivity index (χ0) is 99.1.